The van der Waals surface area contributed by atoms with Gasteiger partial charge in [0.05, 0.1) is 16.1 Å². The van der Waals surface area contributed by atoms with Crippen LogP contribution < -0.4 is 15.0 Å². The molecule has 1 aliphatic heterocycles. The van der Waals surface area contributed by atoms with E-state index in [9.17, 15) is 4.79 Å². The lowest BCUT2D eigenvalue weighted by molar-refractivity contribution is -0.164. The van der Waals surface area contributed by atoms with Crippen molar-refractivity contribution >= 4 is 23.5 Å². The monoisotopic (exact) mass is 467 g/mol. The average molecular weight is 468 g/mol. The number of halogens is 1. The van der Waals surface area contributed by atoms with E-state index in [0.29, 0.717) is 27.8 Å². The minimum Gasteiger partial charge on any atom is -0.489 e. The molecule has 0 radical (unpaired) electrons. The highest BCUT2D eigenvalue weighted by atomic mass is 35.5. The number of rotatable bonds is 5. The summed E-state index contributed by atoms with van der Waals surface area (Å²) in [6, 6.07) is 7.02. The number of carbonyl (C=O) groups excluding carboxylic acids is 1. The summed E-state index contributed by atoms with van der Waals surface area (Å²) in [7, 11) is 0. The zero-order chi connectivity index (χ0) is 23.8. The molecule has 0 atom stereocenters. The van der Waals surface area contributed by atoms with E-state index in [0.717, 1.165) is 25.9 Å². The summed E-state index contributed by atoms with van der Waals surface area (Å²) in [4.78, 5) is 24.0. The summed E-state index contributed by atoms with van der Waals surface area (Å²) in [5, 5.41) is 12.6. The van der Waals surface area contributed by atoms with Gasteiger partial charge in [0.2, 0.25) is 5.95 Å². The Kier molecular flexibility index (Phi) is 6.24. The zero-order valence-corrected chi connectivity index (χ0v) is 20.3. The lowest BCUT2D eigenvalue weighted by Gasteiger charge is -2.63. The summed E-state index contributed by atoms with van der Waals surface area (Å²) >= 11 is 6.17. The van der Waals surface area contributed by atoms with Gasteiger partial charge in [0, 0.05) is 48.4 Å². The Balaban J connectivity index is 1.43. The second-order valence-corrected chi connectivity index (χ2v) is 10.5. The van der Waals surface area contributed by atoms with Crippen molar-refractivity contribution in [2.45, 2.75) is 59.1 Å². The number of benzene rings is 1. The smallest absolute Gasteiger partial charge is 0.254 e. The van der Waals surface area contributed by atoms with Crippen molar-refractivity contribution in [1.82, 2.24) is 15.3 Å². The van der Waals surface area contributed by atoms with E-state index in [4.69, 9.17) is 21.6 Å². The average Bonchev–Trinajstić information content (AvgIpc) is 2.81. The second-order valence-electron chi connectivity index (χ2n) is 10.1. The number of anilines is 1. The molecule has 2 fully saturated rings. The quantitative estimate of drug-likeness (QED) is 0.690. The summed E-state index contributed by atoms with van der Waals surface area (Å²) in [6.45, 7) is 10.2. The minimum atomic E-state index is -0.325. The van der Waals surface area contributed by atoms with Crippen molar-refractivity contribution in [1.29, 1.82) is 5.26 Å². The highest BCUT2D eigenvalue weighted by Gasteiger charge is 2.64. The molecule has 1 aromatic carbocycles. The van der Waals surface area contributed by atoms with Gasteiger partial charge in [-0.2, -0.15) is 5.26 Å². The van der Waals surface area contributed by atoms with E-state index in [1.807, 2.05) is 0 Å². The van der Waals surface area contributed by atoms with E-state index in [2.05, 4.69) is 53.9 Å². The van der Waals surface area contributed by atoms with E-state index >= 15 is 0 Å². The highest BCUT2D eigenvalue weighted by molar-refractivity contribution is 6.31. The molecule has 4 rings (SSSR count). The van der Waals surface area contributed by atoms with Gasteiger partial charge < -0.3 is 15.0 Å². The van der Waals surface area contributed by atoms with Crippen molar-refractivity contribution in [2.24, 2.45) is 10.8 Å². The number of nitrogens with zero attached hydrogens (tertiary/aromatic N) is 4. The Labute approximate surface area is 200 Å². The van der Waals surface area contributed by atoms with E-state index < -0.39 is 0 Å². The molecule has 7 nitrogen and oxygen atoms in total. The van der Waals surface area contributed by atoms with Crippen molar-refractivity contribution in [3.8, 4) is 11.8 Å². The maximum Gasteiger partial charge on any atom is 0.254 e. The highest BCUT2D eigenvalue weighted by Crippen LogP contribution is 2.55. The summed E-state index contributed by atoms with van der Waals surface area (Å²) in [6.07, 6.45) is 6.60. The summed E-state index contributed by atoms with van der Waals surface area (Å²) < 4.78 is 6.29. The fourth-order valence-corrected chi connectivity index (χ4v) is 5.72. The normalized spacial score (nSPS) is 23.2. The molecule has 0 unspecified atom stereocenters. The Morgan fingerprint density at radius 1 is 1.15 bits per heavy atom. The van der Waals surface area contributed by atoms with Crippen LogP contribution in [0.4, 0.5) is 5.95 Å². The molecular weight excluding hydrogens is 438 g/mol. The van der Waals surface area contributed by atoms with E-state index in [-0.39, 0.29) is 28.9 Å². The molecule has 1 saturated heterocycles. The molecule has 0 spiro atoms. The van der Waals surface area contributed by atoms with Crippen molar-refractivity contribution in [3.05, 3.63) is 46.7 Å². The molecule has 1 amide bonds. The molecule has 1 saturated carbocycles. The molecule has 1 N–H and O–H groups in total. The first-order valence-corrected chi connectivity index (χ1v) is 11.8. The first-order valence-electron chi connectivity index (χ1n) is 11.4. The fourth-order valence-electron chi connectivity index (χ4n) is 5.51. The molecule has 2 aliphatic rings. The molecule has 174 valence electrons. The van der Waals surface area contributed by atoms with Gasteiger partial charge in [0.15, 0.2) is 0 Å². The molecule has 33 heavy (non-hydrogen) atoms. The Hall–Kier alpha value is -2.85. The van der Waals surface area contributed by atoms with E-state index in [1.54, 1.807) is 30.6 Å². The first-order chi connectivity index (χ1) is 15.6. The van der Waals surface area contributed by atoms with Gasteiger partial charge in [-0.15, -0.1) is 0 Å². The van der Waals surface area contributed by atoms with Crippen molar-refractivity contribution < 1.29 is 9.53 Å². The van der Waals surface area contributed by atoms with Crippen molar-refractivity contribution in [2.75, 3.05) is 18.0 Å². The number of hydrogen-bond donors (Lipinski definition) is 1. The largest absolute Gasteiger partial charge is 0.489 e. The second kappa shape index (κ2) is 8.83. The van der Waals surface area contributed by atoms with Gasteiger partial charge in [0.25, 0.3) is 5.91 Å². The predicted molar refractivity (Wildman–Crippen MR) is 127 cm³/mol. The molecule has 2 aromatic rings. The third-order valence-electron chi connectivity index (χ3n) is 6.97. The van der Waals surface area contributed by atoms with Crippen molar-refractivity contribution in [3.63, 3.8) is 0 Å². The zero-order valence-electron chi connectivity index (χ0n) is 19.6. The van der Waals surface area contributed by atoms with Crippen LogP contribution >= 0.6 is 11.6 Å². The van der Waals surface area contributed by atoms with Gasteiger partial charge in [-0.25, -0.2) is 9.97 Å². The summed E-state index contributed by atoms with van der Waals surface area (Å²) in [5.41, 5.74) is 0.211. The molecule has 0 bridgehead atoms. The number of ether oxygens (including phenoxy) is 1. The van der Waals surface area contributed by atoms with Gasteiger partial charge in [0.1, 0.15) is 17.9 Å². The fraction of sp³-hybridized carbons (Fsp3) is 0.520. The third-order valence-corrected chi connectivity index (χ3v) is 7.28. The maximum atomic E-state index is 13.0. The number of aromatic nitrogens is 2. The summed E-state index contributed by atoms with van der Waals surface area (Å²) in [5.74, 6) is 1.10. The molecule has 8 heteroatoms. The molecular formula is C25H30ClN5O2. The molecule has 2 heterocycles. The van der Waals surface area contributed by atoms with E-state index in [1.165, 1.54) is 6.42 Å². The number of nitrogens with one attached hydrogen (secondary N) is 1. The van der Waals surface area contributed by atoms with Crippen LogP contribution in [0.25, 0.3) is 0 Å². The topological polar surface area (TPSA) is 91.1 Å². The lowest BCUT2D eigenvalue weighted by atomic mass is 9.49. The number of amides is 1. The number of nitriles is 1. The standard InChI is InChI=1S/C25H30ClN5O2/c1-24(2)21(25(3,4)22(24)33-18-9-8-16(13-27)19(26)12-18)30-20(32)17-14-28-23(29-15-17)31-10-6-5-7-11-31/h8-9,12,14-15,21-22H,5-7,10-11H2,1-4H3,(H,30,32). The van der Waals surface area contributed by atoms with Crippen LogP contribution in [0.1, 0.15) is 62.9 Å². The maximum absolute atomic E-state index is 13.0. The van der Waals surface area contributed by atoms with Crippen LogP contribution in [0.2, 0.25) is 5.02 Å². The SMILES string of the molecule is CC1(C)C(NC(=O)c2cnc(N3CCCCC3)nc2)C(C)(C)C1Oc1ccc(C#N)c(Cl)c1. The lowest BCUT2D eigenvalue weighted by Crippen LogP contribution is -2.74. The van der Waals surface area contributed by atoms with Crippen LogP contribution in [0.3, 0.4) is 0 Å². The van der Waals surface area contributed by atoms with Crippen LogP contribution in [0.15, 0.2) is 30.6 Å². The van der Waals surface area contributed by atoms with Gasteiger partial charge in [-0.1, -0.05) is 39.3 Å². The Morgan fingerprint density at radius 3 is 2.36 bits per heavy atom. The predicted octanol–water partition coefficient (Wildman–Crippen LogP) is 4.60. The van der Waals surface area contributed by atoms with Crippen LogP contribution in [-0.4, -0.2) is 41.1 Å². The number of carbonyl (C=O) groups is 1. The minimum absolute atomic E-state index is 0.113. The van der Waals surface area contributed by atoms with Gasteiger partial charge >= 0.3 is 0 Å². The molecule has 1 aliphatic carbocycles. The van der Waals surface area contributed by atoms with Gasteiger partial charge in [-0.3, -0.25) is 4.79 Å². The Morgan fingerprint density at radius 2 is 1.79 bits per heavy atom. The molecule has 1 aromatic heterocycles. The number of piperidine rings is 1. The third kappa shape index (κ3) is 4.37. The van der Waals surface area contributed by atoms with Crippen LogP contribution in [0, 0.1) is 22.2 Å². The van der Waals surface area contributed by atoms with Gasteiger partial charge in [-0.05, 0) is 31.4 Å². The van der Waals surface area contributed by atoms with Crippen LogP contribution in [0.5, 0.6) is 5.75 Å². The Bertz CT molecular complexity index is 1060. The van der Waals surface area contributed by atoms with Crippen LogP contribution in [-0.2, 0) is 0 Å². The first kappa shape index (κ1) is 23.3. The number of hydrogen-bond acceptors (Lipinski definition) is 6.